The van der Waals surface area contributed by atoms with E-state index in [9.17, 15) is 9.59 Å². The first-order chi connectivity index (χ1) is 17.7. The molecule has 7 heteroatoms. The third-order valence-electron chi connectivity index (χ3n) is 7.75. The molecule has 188 valence electrons. The second-order valence-corrected chi connectivity index (χ2v) is 10.2. The Balaban J connectivity index is 1.52. The van der Waals surface area contributed by atoms with Gasteiger partial charge in [-0.25, -0.2) is 9.78 Å². The molecule has 0 bridgehead atoms. The number of rotatable bonds is 4. The van der Waals surface area contributed by atoms with Gasteiger partial charge in [-0.1, -0.05) is 25.1 Å². The van der Waals surface area contributed by atoms with Gasteiger partial charge in [-0.15, -0.1) is 0 Å². The predicted octanol–water partition coefficient (Wildman–Crippen LogP) is 4.54. The number of aryl methyl sites for hydroxylation is 3. The summed E-state index contributed by atoms with van der Waals surface area (Å²) in [5.74, 6) is -0.466. The van der Waals surface area contributed by atoms with Gasteiger partial charge in [-0.2, -0.15) is 4.57 Å². The van der Waals surface area contributed by atoms with Crippen molar-refractivity contribution in [2.24, 2.45) is 0 Å². The van der Waals surface area contributed by atoms with Crippen molar-refractivity contribution in [1.29, 1.82) is 0 Å². The second-order valence-electron chi connectivity index (χ2n) is 10.2. The Morgan fingerprint density at radius 3 is 2.57 bits per heavy atom. The van der Waals surface area contributed by atoms with Gasteiger partial charge in [0.15, 0.2) is 17.0 Å². The van der Waals surface area contributed by atoms with Crippen LogP contribution < -0.4 is 10.1 Å². The number of hydrogen-bond acceptors (Lipinski definition) is 5. The summed E-state index contributed by atoms with van der Waals surface area (Å²) in [6.45, 7) is 10.3. The molecule has 6 rings (SSSR count). The van der Waals surface area contributed by atoms with Crippen LogP contribution in [0.5, 0.6) is 0 Å². The fourth-order valence-electron chi connectivity index (χ4n) is 6.14. The zero-order chi connectivity index (χ0) is 26.1. The molecule has 7 nitrogen and oxygen atoms in total. The Morgan fingerprint density at radius 2 is 1.84 bits per heavy atom. The van der Waals surface area contributed by atoms with E-state index in [4.69, 9.17) is 14.5 Å². The van der Waals surface area contributed by atoms with Crippen LogP contribution in [0.2, 0.25) is 0 Å². The van der Waals surface area contributed by atoms with Crippen LogP contribution in [-0.2, 0) is 33.0 Å². The summed E-state index contributed by atoms with van der Waals surface area (Å²) < 4.78 is 16.1. The van der Waals surface area contributed by atoms with Crippen LogP contribution >= 0.6 is 0 Å². The fraction of sp³-hybridized carbons (Fsp3) is 0.333. The number of ether oxygens (including phenoxy) is 2. The molecule has 0 saturated carbocycles. The van der Waals surface area contributed by atoms with E-state index in [0.717, 1.165) is 39.1 Å². The van der Waals surface area contributed by atoms with Gasteiger partial charge in [-0.05, 0) is 37.1 Å². The molecule has 2 atom stereocenters. The number of cyclic esters (lactones) is 1. The van der Waals surface area contributed by atoms with E-state index >= 15 is 0 Å². The molecule has 1 aromatic carbocycles. The number of hydrogen-bond donors (Lipinski definition) is 0. The van der Waals surface area contributed by atoms with Gasteiger partial charge in [0.05, 0.1) is 29.0 Å². The van der Waals surface area contributed by atoms with Crippen LogP contribution in [0, 0.1) is 20.8 Å². The van der Waals surface area contributed by atoms with Gasteiger partial charge < -0.3 is 9.30 Å². The monoisotopic (exact) mass is 496 g/mol. The van der Waals surface area contributed by atoms with Crippen LogP contribution in [-0.4, -0.2) is 15.5 Å². The molecule has 5 heterocycles. The minimum atomic E-state index is -1.40. The van der Waals surface area contributed by atoms with Crippen molar-refractivity contribution < 1.29 is 18.8 Å². The van der Waals surface area contributed by atoms with Gasteiger partial charge in [0.1, 0.15) is 6.61 Å². The van der Waals surface area contributed by atoms with E-state index in [1.165, 1.54) is 0 Å². The van der Waals surface area contributed by atoms with Crippen LogP contribution in [0.1, 0.15) is 60.1 Å². The highest BCUT2D eigenvalue weighted by Crippen LogP contribution is 2.42. The number of carbonyl (C=O) groups is 1. The molecular formula is C30H30N3O4+. The molecular weight excluding hydrogens is 466 g/mol. The maximum Gasteiger partial charge on any atom is 0.343 e. The number of fused-ring (bicyclic) bond motifs is 5. The van der Waals surface area contributed by atoms with E-state index in [0.29, 0.717) is 29.8 Å². The molecule has 0 N–H and O–H groups in total. The number of carbonyl (C=O) groups excluding carboxylic acids is 1. The summed E-state index contributed by atoms with van der Waals surface area (Å²) in [5.41, 5.74) is 6.05. The molecule has 1 unspecified atom stereocenters. The Kier molecular flexibility index (Phi) is 5.31. The van der Waals surface area contributed by atoms with Crippen LogP contribution in [0.3, 0.4) is 0 Å². The van der Waals surface area contributed by atoms with Gasteiger partial charge in [0.25, 0.3) is 11.8 Å². The standard InChI is InChI=1S/C30H30N3O4/c1-6-30(37-20(5)33-18(3)11-17(2)12-19(33)4)24-14-26-27-22(13-21-9-7-8-10-25(21)31-27)15-32(26)28(34)23(24)16-36-29(30)35/h7-14,20H,6,15-16H2,1-5H3/q+1/t20?,30-/m0/s1. The van der Waals surface area contributed by atoms with Gasteiger partial charge >= 0.3 is 5.97 Å². The highest BCUT2D eigenvalue weighted by molar-refractivity contribution is 5.86. The van der Waals surface area contributed by atoms with Crippen molar-refractivity contribution in [2.45, 2.75) is 66.0 Å². The summed E-state index contributed by atoms with van der Waals surface area (Å²) >= 11 is 0. The largest absolute Gasteiger partial charge is 0.458 e. The van der Waals surface area contributed by atoms with E-state index in [2.05, 4.69) is 29.7 Å². The highest BCUT2D eigenvalue weighted by Gasteiger charge is 2.50. The zero-order valence-corrected chi connectivity index (χ0v) is 21.8. The molecule has 0 aliphatic carbocycles. The number of para-hydroxylation sites is 1. The molecule has 0 saturated heterocycles. The van der Waals surface area contributed by atoms with Crippen LogP contribution in [0.15, 0.2) is 53.3 Å². The van der Waals surface area contributed by atoms with Crippen LogP contribution in [0.25, 0.3) is 22.3 Å². The van der Waals surface area contributed by atoms with Crippen molar-refractivity contribution in [3.05, 3.63) is 92.5 Å². The molecule has 37 heavy (non-hydrogen) atoms. The Hall–Kier alpha value is -3.84. The summed E-state index contributed by atoms with van der Waals surface area (Å²) in [6, 6.07) is 16.1. The Bertz CT molecular complexity index is 1650. The third-order valence-corrected chi connectivity index (χ3v) is 7.75. The van der Waals surface area contributed by atoms with E-state index in [1.54, 1.807) is 4.57 Å². The summed E-state index contributed by atoms with van der Waals surface area (Å²) in [7, 11) is 0. The lowest BCUT2D eigenvalue weighted by Crippen LogP contribution is -2.53. The average molecular weight is 497 g/mol. The highest BCUT2D eigenvalue weighted by atomic mass is 16.6. The molecule has 3 aromatic heterocycles. The number of pyridine rings is 3. The lowest BCUT2D eigenvalue weighted by atomic mass is 9.85. The maximum absolute atomic E-state index is 13.8. The van der Waals surface area contributed by atoms with Crippen molar-refractivity contribution >= 4 is 16.9 Å². The summed E-state index contributed by atoms with van der Waals surface area (Å²) in [5, 5.41) is 1.03. The first-order valence-corrected chi connectivity index (χ1v) is 12.7. The summed E-state index contributed by atoms with van der Waals surface area (Å²) in [4.78, 5) is 32.1. The van der Waals surface area contributed by atoms with Crippen molar-refractivity contribution in [2.75, 3.05) is 0 Å². The Morgan fingerprint density at radius 1 is 1.11 bits per heavy atom. The quantitative estimate of drug-likeness (QED) is 0.270. The number of nitrogens with zero attached hydrogens (tertiary/aromatic N) is 3. The van der Waals surface area contributed by atoms with Gasteiger partial charge in [-0.3, -0.25) is 9.53 Å². The van der Waals surface area contributed by atoms with Crippen molar-refractivity contribution in [3.63, 3.8) is 0 Å². The molecule has 0 amide bonds. The molecule has 0 spiro atoms. The Labute approximate surface area is 215 Å². The van der Waals surface area contributed by atoms with Crippen LogP contribution in [0.4, 0.5) is 0 Å². The molecule has 0 fully saturated rings. The smallest absolute Gasteiger partial charge is 0.343 e. The van der Waals surface area contributed by atoms with Crippen molar-refractivity contribution in [3.8, 4) is 11.4 Å². The predicted molar refractivity (Wildman–Crippen MR) is 139 cm³/mol. The first-order valence-electron chi connectivity index (χ1n) is 12.7. The summed E-state index contributed by atoms with van der Waals surface area (Å²) in [6.07, 6.45) is -0.140. The van der Waals surface area contributed by atoms with E-state index < -0.39 is 17.8 Å². The third kappa shape index (κ3) is 3.44. The maximum atomic E-state index is 13.8. The van der Waals surface area contributed by atoms with Crippen molar-refractivity contribution in [1.82, 2.24) is 9.55 Å². The number of aromatic nitrogens is 3. The number of benzene rings is 1. The number of esters is 1. The second kappa shape index (κ2) is 8.35. The van der Waals surface area contributed by atoms with E-state index in [-0.39, 0.29) is 12.2 Å². The fourth-order valence-corrected chi connectivity index (χ4v) is 6.14. The topological polar surface area (TPSA) is 74.3 Å². The van der Waals surface area contributed by atoms with Gasteiger partial charge in [0.2, 0.25) is 0 Å². The molecule has 2 aliphatic rings. The SMILES string of the molecule is CC[C@@]1(OC(C)[n+]2c(C)cc(C)cc2C)C(=O)OCc2c1cc1n(c2=O)Cc2cc3ccccc3nc2-1. The zero-order valence-electron chi connectivity index (χ0n) is 21.8. The normalized spacial score (nSPS) is 18.8. The molecule has 0 radical (unpaired) electrons. The molecule has 4 aromatic rings. The van der Waals surface area contributed by atoms with E-state index in [1.807, 2.05) is 58.0 Å². The minimum absolute atomic E-state index is 0.0613. The average Bonchev–Trinajstić information content (AvgIpc) is 3.21. The minimum Gasteiger partial charge on any atom is -0.458 e. The molecule has 2 aliphatic heterocycles. The van der Waals surface area contributed by atoms with Gasteiger partial charge in [0, 0.05) is 49.4 Å². The lowest BCUT2D eigenvalue weighted by Gasteiger charge is -2.36. The first kappa shape index (κ1) is 23.6. The lowest BCUT2D eigenvalue weighted by molar-refractivity contribution is -0.773.